The molecule has 0 saturated carbocycles. The summed E-state index contributed by atoms with van der Waals surface area (Å²) in [5.41, 5.74) is 2.17. The van der Waals surface area contributed by atoms with E-state index in [0.29, 0.717) is 36.7 Å². The summed E-state index contributed by atoms with van der Waals surface area (Å²) >= 11 is 2.81. The van der Waals surface area contributed by atoms with Crippen molar-refractivity contribution in [2.45, 2.75) is 36.8 Å². The van der Waals surface area contributed by atoms with Gasteiger partial charge in [0.2, 0.25) is 5.91 Å². The van der Waals surface area contributed by atoms with E-state index in [-0.39, 0.29) is 11.8 Å². The molecular weight excluding hydrogens is 529 g/mol. The Hall–Kier alpha value is -1.89. The van der Waals surface area contributed by atoms with Crippen molar-refractivity contribution in [2.24, 2.45) is 5.92 Å². The van der Waals surface area contributed by atoms with Crippen LogP contribution in [-0.2, 0) is 26.0 Å². The number of carbonyl (C=O) groups excluding carboxylic acids is 1. The second-order valence-electron chi connectivity index (χ2n) is 9.52. The van der Waals surface area contributed by atoms with Crippen molar-refractivity contribution in [1.29, 1.82) is 0 Å². The van der Waals surface area contributed by atoms with Crippen LogP contribution in [0, 0.1) is 5.92 Å². The molecule has 3 aromatic rings. The van der Waals surface area contributed by atoms with E-state index in [0.717, 1.165) is 61.0 Å². The molecule has 2 aliphatic heterocycles. The van der Waals surface area contributed by atoms with E-state index in [9.17, 15) is 13.2 Å². The first-order valence-corrected chi connectivity index (χ1v) is 16.1. The van der Waals surface area contributed by atoms with Crippen LogP contribution in [0.1, 0.15) is 31.7 Å². The summed E-state index contributed by atoms with van der Waals surface area (Å²) in [7, 11) is -3.49. The minimum atomic E-state index is -3.49. The lowest BCUT2D eigenvalue weighted by atomic mass is 9.96. The Morgan fingerprint density at radius 1 is 1.14 bits per heavy atom. The number of para-hydroxylation sites is 1. The van der Waals surface area contributed by atoms with Crippen molar-refractivity contribution >= 4 is 54.0 Å². The third-order valence-corrected chi connectivity index (χ3v) is 11.5. The average molecular weight is 563 g/mol. The third kappa shape index (κ3) is 5.91. The second kappa shape index (κ2) is 11.9. The lowest BCUT2D eigenvalue weighted by Gasteiger charge is -2.33. The zero-order valence-corrected chi connectivity index (χ0v) is 23.6. The van der Waals surface area contributed by atoms with Crippen molar-refractivity contribution in [3.63, 3.8) is 0 Å². The molecule has 0 atom stereocenters. The quantitative estimate of drug-likeness (QED) is 0.391. The number of nitrogens with zero attached hydrogens (tertiary/aromatic N) is 4. The van der Waals surface area contributed by atoms with Gasteiger partial charge in [-0.3, -0.25) is 14.6 Å². The summed E-state index contributed by atoms with van der Waals surface area (Å²) in [6.07, 6.45) is 2.79. The number of aromatic nitrogens is 1. The number of rotatable bonds is 9. The molecule has 5 rings (SSSR count). The van der Waals surface area contributed by atoms with Gasteiger partial charge in [-0.15, -0.1) is 11.3 Å². The monoisotopic (exact) mass is 562 g/mol. The first-order chi connectivity index (χ1) is 18.0. The summed E-state index contributed by atoms with van der Waals surface area (Å²) in [5.74, 6) is -0.150. The number of benzene rings is 1. The van der Waals surface area contributed by atoms with Crippen LogP contribution in [0.3, 0.4) is 0 Å². The Labute approximate surface area is 226 Å². The van der Waals surface area contributed by atoms with E-state index in [2.05, 4.69) is 30.0 Å². The van der Waals surface area contributed by atoms with E-state index in [1.165, 1.54) is 21.2 Å². The third-order valence-electron chi connectivity index (χ3n) is 7.22. The Kier molecular flexibility index (Phi) is 8.57. The van der Waals surface area contributed by atoms with Gasteiger partial charge in [-0.1, -0.05) is 36.5 Å². The molecule has 0 spiro atoms. The molecule has 8 nitrogen and oxygen atoms in total. The smallest absolute Gasteiger partial charge is 0.252 e. The van der Waals surface area contributed by atoms with Crippen LogP contribution in [-0.4, -0.2) is 81.0 Å². The fourth-order valence-electron chi connectivity index (χ4n) is 5.07. The maximum Gasteiger partial charge on any atom is 0.252 e. The van der Waals surface area contributed by atoms with E-state index in [1.807, 2.05) is 4.90 Å². The number of sulfonamides is 1. The van der Waals surface area contributed by atoms with E-state index < -0.39 is 10.0 Å². The molecule has 0 radical (unpaired) electrons. The summed E-state index contributed by atoms with van der Waals surface area (Å²) < 4.78 is 34.3. The van der Waals surface area contributed by atoms with E-state index >= 15 is 0 Å². The zero-order chi connectivity index (χ0) is 25.8. The predicted molar refractivity (Wildman–Crippen MR) is 149 cm³/mol. The molecule has 2 aromatic heterocycles. The van der Waals surface area contributed by atoms with E-state index in [4.69, 9.17) is 9.72 Å². The number of amides is 1. The van der Waals surface area contributed by atoms with Crippen LogP contribution in [0.4, 0.5) is 5.13 Å². The number of hydrogen-bond donors (Lipinski definition) is 0. The predicted octanol–water partition coefficient (Wildman–Crippen LogP) is 4.08. The highest BCUT2D eigenvalue weighted by molar-refractivity contribution is 7.91. The van der Waals surface area contributed by atoms with Gasteiger partial charge in [0, 0.05) is 45.2 Å². The molecule has 2 aliphatic rings. The molecule has 1 amide bonds. The second-order valence-corrected chi connectivity index (χ2v) is 13.6. The minimum Gasteiger partial charge on any atom is -0.379 e. The highest BCUT2D eigenvalue weighted by Crippen LogP contribution is 2.34. The Morgan fingerprint density at radius 2 is 1.92 bits per heavy atom. The molecule has 37 heavy (non-hydrogen) atoms. The maximum atomic E-state index is 13.9. The molecule has 0 N–H and O–H groups in total. The number of aryl methyl sites for hydroxylation is 1. The number of ether oxygens (including phenoxy) is 1. The van der Waals surface area contributed by atoms with Crippen LogP contribution in [0.2, 0.25) is 0 Å². The van der Waals surface area contributed by atoms with Gasteiger partial charge < -0.3 is 4.74 Å². The van der Waals surface area contributed by atoms with Crippen molar-refractivity contribution in [1.82, 2.24) is 14.2 Å². The normalized spacial score (nSPS) is 18.4. The van der Waals surface area contributed by atoms with E-state index in [1.54, 1.807) is 28.8 Å². The molecule has 11 heteroatoms. The highest BCUT2D eigenvalue weighted by atomic mass is 32.2. The highest BCUT2D eigenvalue weighted by Gasteiger charge is 2.35. The van der Waals surface area contributed by atoms with Crippen LogP contribution in [0.5, 0.6) is 0 Å². The lowest BCUT2D eigenvalue weighted by molar-refractivity contribution is -0.123. The molecule has 2 saturated heterocycles. The van der Waals surface area contributed by atoms with Gasteiger partial charge in [-0.2, -0.15) is 4.31 Å². The van der Waals surface area contributed by atoms with Gasteiger partial charge in [0.1, 0.15) is 4.21 Å². The van der Waals surface area contributed by atoms with Crippen molar-refractivity contribution in [2.75, 3.05) is 57.4 Å². The minimum absolute atomic E-state index is 0.0623. The number of fused-ring (bicyclic) bond motifs is 1. The topological polar surface area (TPSA) is 83.0 Å². The van der Waals surface area contributed by atoms with Gasteiger partial charge in [-0.05, 0) is 48.8 Å². The summed E-state index contributed by atoms with van der Waals surface area (Å²) in [5, 5.41) is 2.52. The van der Waals surface area contributed by atoms with Gasteiger partial charge in [0.15, 0.2) is 5.13 Å². The van der Waals surface area contributed by atoms with Crippen LogP contribution < -0.4 is 4.90 Å². The van der Waals surface area contributed by atoms with Crippen LogP contribution >= 0.6 is 22.7 Å². The molecular formula is C26H34N4O4S3. The molecule has 4 heterocycles. The van der Waals surface area contributed by atoms with Gasteiger partial charge in [0.05, 0.1) is 23.4 Å². The molecule has 2 fully saturated rings. The number of carbonyl (C=O) groups is 1. The van der Waals surface area contributed by atoms with Gasteiger partial charge in [-0.25, -0.2) is 13.4 Å². The zero-order valence-electron chi connectivity index (χ0n) is 21.2. The van der Waals surface area contributed by atoms with Gasteiger partial charge in [0.25, 0.3) is 10.0 Å². The lowest BCUT2D eigenvalue weighted by Crippen LogP contribution is -2.45. The molecule has 0 unspecified atom stereocenters. The van der Waals surface area contributed by atoms with Crippen molar-refractivity contribution in [3.05, 3.63) is 41.3 Å². The number of piperidine rings is 1. The number of morpholine rings is 1. The summed E-state index contributed by atoms with van der Waals surface area (Å²) in [4.78, 5) is 23.1. The van der Waals surface area contributed by atoms with Crippen LogP contribution in [0.25, 0.3) is 10.2 Å². The molecule has 0 bridgehead atoms. The fraction of sp³-hybridized carbons (Fsp3) is 0.538. The first-order valence-electron chi connectivity index (χ1n) is 13.0. The van der Waals surface area contributed by atoms with Crippen molar-refractivity contribution in [3.8, 4) is 0 Å². The maximum absolute atomic E-state index is 13.9. The molecule has 200 valence electrons. The summed E-state index contributed by atoms with van der Waals surface area (Å²) in [6.45, 7) is 7.72. The Morgan fingerprint density at radius 3 is 2.62 bits per heavy atom. The number of hydrogen-bond acceptors (Lipinski definition) is 8. The largest absolute Gasteiger partial charge is 0.379 e. The molecule has 0 aliphatic carbocycles. The summed E-state index contributed by atoms with van der Waals surface area (Å²) in [6, 6.07) is 9.62. The number of thiazole rings is 1. The fourth-order valence-corrected chi connectivity index (χ4v) is 8.73. The Balaban J connectivity index is 1.31. The Bertz CT molecular complexity index is 1290. The SMILES string of the molecule is CCc1cccc2sc(N(CCCN3CCOCC3)C(=O)C3CCN(S(=O)(=O)c4cccs4)CC3)nc12. The average Bonchev–Trinajstić information content (AvgIpc) is 3.62. The van der Waals surface area contributed by atoms with Crippen LogP contribution in [0.15, 0.2) is 39.9 Å². The standard InChI is InChI=1S/C26H34N4O4S3/c1-2-20-6-3-7-22-24(20)27-26(36-22)30(12-5-11-28-15-17-34-18-16-28)25(31)21-9-13-29(14-10-21)37(32,33)23-8-4-19-35-23/h3-4,6-8,19,21H,2,5,9-18H2,1H3. The number of thiophene rings is 1. The van der Waals surface area contributed by atoms with Crippen molar-refractivity contribution < 1.29 is 17.9 Å². The number of anilines is 1. The van der Waals surface area contributed by atoms with Gasteiger partial charge >= 0.3 is 0 Å². The molecule has 1 aromatic carbocycles. The first kappa shape index (κ1) is 26.7.